The Morgan fingerprint density at radius 1 is 0.952 bits per heavy atom. The first kappa shape index (κ1) is 14.7. The second-order valence-electron chi connectivity index (χ2n) is 4.14. The van der Waals surface area contributed by atoms with E-state index in [1.165, 1.54) is 12.1 Å². The summed E-state index contributed by atoms with van der Waals surface area (Å²) in [7, 11) is 0. The van der Waals surface area contributed by atoms with E-state index in [1.807, 2.05) is 6.07 Å². The normalized spacial score (nSPS) is 11.7. The number of benzene rings is 2. The minimum atomic E-state index is -4.37. The molecule has 0 atom stereocenters. The Balaban J connectivity index is 2.23. The van der Waals surface area contributed by atoms with Crippen molar-refractivity contribution in [1.29, 1.82) is 0 Å². The number of halogens is 3. The second-order valence-corrected chi connectivity index (χ2v) is 4.14. The molecular weight excluding hydrogens is 279 g/mol. The largest absolute Gasteiger partial charge is 0.416 e. The fourth-order valence-electron chi connectivity index (χ4n) is 1.62. The van der Waals surface area contributed by atoms with E-state index in [9.17, 15) is 13.2 Å². The van der Waals surface area contributed by atoms with Gasteiger partial charge in [0.15, 0.2) is 5.71 Å². The molecule has 0 saturated heterocycles. The van der Waals surface area contributed by atoms with Crippen molar-refractivity contribution in [3.8, 4) is 11.8 Å². The maximum Gasteiger partial charge on any atom is 0.416 e. The molecule has 0 aliphatic heterocycles. The van der Waals surface area contributed by atoms with Gasteiger partial charge >= 0.3 is 6.18 Å². The fraction of sp³-hybridized carbons (Fsp3) is 0.0625. The maximum absolute atomic E-state index is 12.4. The van der Waals surface area contributed by atoms with E-state index in [0.29, 0.717) is 11.1 Å². The topological polar surface area (TPSA) is 32.6 Å². The second kappa shape index (κ2) is 6.14. The summed E-state index contributed by atoms with van der Waals surface area (Å²) in [6.45, 7) is 0. The molecule has 0 saturated carbocycles. The Morgan fingerprint density at radius 3 is 2.10 bits per heavy atom. The maximum atomic E-state index is 12.4. The molecule has 2 rings (SSSR count). The first-order chi connectivity index (χ1) is 10.0. The number of hydrogen-bond acceptors (Lipinski definition) is 2. The summed E-state index contributed by atoms with van der Waals surface area (Å²) in [6, 6.07) is 13.2. The van der Waals surface area contributed by atoms with Gasteiger partial charge in [0.05, 0.1) is 5.56 Å². The molecule has 21 heavy (non-hydrogen) atoms. The molecule has 0 amide bonds. The third-order valence-electron chi connectivity index (χ3n) is 2.68. The quantitative estimate of drug-likeness (QED) is 0.367. The summed E-state index contributed by atoms with van der Waals surface area (Å²) in [5.74, 6) is 5.29. The summed E-state index contributed by atoms with van der Waals surface area (Å²) < 4.78 is 37.3. The van der Waals surface area contributed by atoms with Gasteiger partial charge in [-0.05, 0) is 30.2 Å². The van der Waals surface area contributed by atoms with Gasteiger partial charge in [-0.15, -0.1) is 0 Å². The number of alkyl halides is 3. The van der Waals surface area contributed by atoms with Crippen molar-refractivity contribution in [2.75, 3.05) is 0 Å². The highest BCUT2D eigenvalue weighted by Crippen LogP contribution is 2.28. The van der Waals surface area contributed by atoms with Crippen LogP contribution >= 0.6 is 0 Å². The molecular formula is C16H10F3NO. The monoisotopic (exact) mass is 289 g/mol. The van der Waals surface area contributed by atoms with Crippen molar-refractivity contribution >= 4 is 5.71 Å². The predicted octanol–water partition coefficient (Wildman–Crippen LogP) is 3.94. The van der Waals surface area contributed by atoms with E-state index in [-0.39, 0.29) is 5.71 Å². The molecule has 5 heteroatoms. The third kappa shape index (κ3) is 3.86. The van der Waals surface area contributed by atoms with Crippen LogP contribution in [0.25, 0.3) is 0 Å². The molecule has 2 aromatic rings. The van der Waals surface area contributed by atoms with Gasteiger partial charge in [-0.25, -0.2) is 0 Å². The summed E-state index contributed by atoms with van der Waals surface area (Å²) in [4.78, 5) is 0. The third-order valence-corrected chi connectivity index (χ3v) is 2.68. The summed E-state index contributed by atoms with van der Waals surface area (Å²) in [6.07, 6.45) is -4.37. The van der Waals surface area contributed by atoms with Gasteiger partial charge in [0.25, 0.3) is 0 Å². The van der Waals surface area contributed by atoms with Crippen LogP contribution in [0.15, 0.2) is 59.8 Å². The van der Waals surface area contributed by atoms with Gasteiger partial charge < -0.3 is 5.21 Å². The van der Waals surface area contributed by atoms with Crippen LogP contribution < -0.4 is 0 Å². The van der Waals surface area contributed by atoms with Gasteiger partial charge in [0.2, 0.25) is 0 Å². The summed E-state index contributed by atoms with van der Waals surface area (Å²) in [5.41, 5.74) is 0.446. The lowest BCUT2D eigenvalue weighted by atomic mass is 10.1. The first-order valence-corrected chi connectivity index (χ1v) is 5.97. The Labute approximate surface area is 119 Å². The van der Waals surface area contributed by atoms with Gasteiger partial charge in [-0.2, -0.15) is 13.2 Å². The van der Waals surface area contributed by atoms with Gasteiger partial charge in [-0.3, -0.25) is 0 Å². The minimum Gasteiger partial charge on any atom is -0.410 e. The molecule has 0 aromatic heterocycles. The van der Waals surface area contributed by atoms with Crippen LogP contribution in [0.1, 0.15) is 16.7 Å². The highest BCUT2D eigenvalue weighted by molar-refractivity contribution is 6.12. The molecule has 2 aromatic carbocycles. The van der Waals surface area contributed by atoms with Crippen LogP contribution in [-0.4, -0.2) is 10.9 Å². The Bertz CT molecular complexity index is 692. The first-order valence-electron chi connectivity index (χ1n) is 5.97. The van der Waals surface area contributed by atoms with Crippen molar-refractivity contribution in [3.05, 3.63) is 71.3 Å². The molecule has 0 fully saturated rings. The van der Waals surface area contributed by atoms with E-state index in [0.717, 1.165) is 12.1 Å². The number of hydrogen-bond donors (Lipinski definition) is 1. The van der Waals surface area contributed by atoms with Gasteiger partial charge in [-0.1, -0.05) is 41.4 Å². The molecule has 106 valence electrons. The SMILES string of the molecule is O/N=C(/C#Cc1ccc(C(F)(F)F)cc1)c1ccccc1. The molecule has 0 bridgehead atoms. The average molecular weight is 289 g/mol. The minimum absolute atomic E-state index is 0.149. The van der Waals surface area contributed by atoms with Crippen molar-refractivity contribution in [1.82, 2.24) is 0 Å². The zero-order valence-electron chi connectivity index (χ0n) is 10.7. The van der Waals surface area contributed by atoms with E-state index >= 15 is 0 Å². The smallest absolute Gasteiger partial charge is 0.410 e. The van der Waals surface area contributed by atoms with Crippen molar-refractivity contribution in [2.24, 2.45) is 5.16 Å². The zero-order valence-corrected chi connectivity index (χ0v) is 10.7. The van der Waals surface area contributed by atoms with Crippen LogP contribution in [0.5, 0.6) is 0 Å². The van der Waals surface area contributed by atoms with Gasteiger partial charge in [0.1, 0.15) is 0 Å². The van der Waals surface area contributed by atoms with Crippen molar-refractivity contribution in [3.63, 3.8) is 0 Å². The molecule has 0 aliphatic carbocycles. The Hall–Kier alpha value is -2.74. The van der Waals surface area contributed by atoms with E-state index in [4.69, 9.17) is 5.21 Å². The van der Waals surface area contributed by atoms with Crippen LogP contribution in [0.3, 0.4) is 0 Å². The lowest BCUT2D eigenvalue weighted by Crippen LogP contribution is -2.04. The molecule has 2 nitrogen and oxygen atoms in total. The molecule has 0 aliphatic rings. The van der Waals surface area contributed by atoms with Crippen molar-refractivity contribution in [2.45, 2.75) is 6.18 Å². The number of nitrogens with zero attached hydrogens (tertiary/aromatic N) is 1. The van der Waals surface area contributed by atoms with E-state index in [2.05, 4.69) is 17.0 Å². The molecule has 1 N–H and O–H groups in total. The molecule has 0 radical (unpaired) electrons. The van der Waals surface area contributed by atoms with Crippen LogP contribution in [0, 0.1) is 11.8 Å². The predicted molar refractivity (Wildman–Crippen MR) is 73.1 cm³/mol. The Kier molecular flexibility index (Phi) is 4.29. The average Bonchev–Trinajstić information content (AvgIpc) is 2.48. The van der Waals surface area contributed by atoms with E-state index in [1.54, 1.807) is 24.3 Å². The fourth-order valence-corrected chi connectivity index (χ4v) is 1.62. The van der Waals surface area contributed by atoms with Crippen LogP contribution in [0.2, 0.25) is 0 Å². The number of oxime groups is 1. The lowest BCUT2D eigenvalue weighted by molar-refractivity contribution is -0.137. The Morgan fingerprint density at radius 2 is 1.57 bits per heavy atom. The van der Waals surface area contributed by atoms with Crippen LogP contribution in [-0.2, 0) is 6.18 Å². The van der Waals surface area contributed by atoms with Crippen LogP contribution in [0.4, 0.5) is 13.2 Å². The highest BCUT2D eigenvalue weighted by atomic mass is 19.4. The standard InChI is InChI=1S/C16H10F3NO/c17-16(18,19)14-9-6-12(7-10-14)8-11-15(20-21)13-4-2-1-3-5-13/h1-7,9-10,21H/b20-15-. The molecule has 0 spiro atoms. The number of rotatable bonds is 1. The van der Waals surface area contributed by atoms with E-state index < -0.39 is 11.7 Å². The highest BCUT2D eigenvalue weighted by Gasteiger charge is 2.29. The summed E-state index contributed by atoms with van der Waals surface area (Å²) in [5, 5.41) is 12.0. The summed E-state index contributed by atoms with van der Waals surface area (Å²) >= 11 is 0. The molecule has 0 unspecified atom stereocenters. The molecule has 0 heterocycles. The van der Waals surface area contributed by atoms with Crippen molar-refractivity contribution < 1.29 is 18.4 Å². The van der Waals surface area contributed by atoms with Gasteiger partial charge in [0, 0.05) is 11.1 Å². The lowest BCUT2D eigenvalue weighted by Gasteiger charge is -2.05. The zero-order chi connectivity index (χ0) is 15.3.